The number of hydrogen-bond acceptors (Lipinski definition) is 8. The largest absolute Gasteiger partial charge is 0.493 e. The summed E-state index contributed by atoms with van der Waals surface area (Å²) in [5.74, 6) is 1.21. The number of nitrogens with zero attached hydrogens (tertiary/aromatic N) is 4. The molecule has 31 heavy (non-hydrogen) atoms. The van der Waals surface area contributed by atoms with Crippen LogP contribution in [0, 0.1) is 0 Å². The van der Waals surface area contributed by atoms with Crippen LogP contribution in [-0.4, -0.2) is 71.1 Å². The average molecular weight is 425 g/mol. The van der Waals surface area contributed by atoms with E-state index in [4.69, 9.17) is 24.9 Å². The van der Waals surface area contributed by atoms with Crippen LogP contribution in [0.1, 0.15) is 11.7 Å². The van der Waals surface area contributed by atoms with Gasteiger partial charge in [-0.05, 0) is 24.3 Å². The van der Waals surface area contributed by atoms with Gasteiger partial charge in [-0.25, -0.2) is 9.78 Å². The highest BCUT2D eigenvalue weighted by molar-refractivity contribution is 5.79. The molecule has 10 nitrogen and oxygen atoms in total. The number of ether oxygens (including phenoxy) is 3. The van der Waals surface area contributed by atoms with Crippen molar-refractivity contribution in [1.29, 1.82) is 0 Å². The second-order valence-corrected chi connectivity index (χ2v) is 7.06. The van der Waals surface area contributed by atoms with E-state index in [1.165, 1.54) is 4.90 Å². The highest BCUT2D eigenvalue weighted by atomic mass is 16.5. The van der Waals surface area contributed by atoms with E-state index in [1.807, 2.05) is 18.2 Å². The van der Waals surface area contributed by atoms with Crippen LogP contribution in [0.15, 0.2) is 36.7 Å². The van der Waals surface area contributed by atoms with E-state index in [-0.39, 0.29) is 19.8 Å². The molecule has 1 fully saturated rings. The third-order valence-electron chi connectivity index (χ3n) is 5.25. The Balaban J connectivity index is 1.73. The van der Waals surface area contributed by atoms with Crippen molar-refractivity contribution in [3.63, 3.8) is 0 Å². The van der Waals surface area contributed by atoms with Gasteiger partial charge in [0.2, 0.25) is 0 Å². The summed E-state index contributed by atoms with van der Waals surface area (Å²) < 4.78 is 16.2. The molecule has 2 aromatic heterocycles. The number of aromatic nitrogens is 3. The van der Waals surface area contributed by atoms with Gasteiger partial charge in [0.05, 0.1) is 69.4 Å². The predicted molar refractivity (Wildman–Crippen MR) is 112 cm³/mol. The molecule has 1 aliphatic heterocycles. The molecule has 3 N–H and O–H groups in total. The van der Waals surface area contributed by atoms with E-state index < -0.39 is 18.1 Å². The number of rotatable bonds is 5. The number of carbonyl (C=O) groups excluding carboxylic acids is 1. The van der Waals surface area contributed by atoms with Gasteiger partial charge in [0.1, 0.15) is 11.6 Å². The number of nitrogens with two attached hydrogens (primary N) is 1. The van der Waals surface area contributed by atoms with Crippen LogP contribution in [-0.2, 0) is 4.74 Å². The molecule has 10 heteroatoms. The summed E-state index contributed by atoms with van der Waals surface area (Å²) in [4.78, 5) is 27.0. The Hall–Kier alpha value is -3.50. The van der Waals surface area contributed by atoms with Crippen molar-refractivity contribution in [3.05, 3.63) is 42.4 Å². The van der Waals surface area contributed by atoms with Crippen LogP contribution in [0.5, 0.6) is 11.5 Å². The molecular weight excluding hydrogens is 402 g/mol. The SMILES string of the molecule is COc1ccc(-c2cc3nc(C4COC[C@H](CO)N4C(N)=O)cnc3cn2)cc1OC. The van der Waals surface area contributed by atoms with E-state index in [9.17, 15) is 9.90 Å². The number of fused-ring (bicyclic) bond motifs is 1. The van der Waals surface area contributed by atoms with E-state index in [0.717, 1.165) is 5.56 Å². The zero-order chi connectivity index (χ0) is 22.0. The first kappa shape index (κ1) is 20.8. The van der Waals surface area contributed by atoms with Crippen molar-refractivity contribution < 1.29 is 24.1 Å². The van der Waals surface area contributed by atoms with Gasteiger partial charge in [0, 0.05) is 5.56 Å². The fourth-order valence-electron chi connectivity index (χ4n) is 3.68. The molecule has 0 radical (unpaired) electrons. The number of primary amides is 1. The van der Waals surface area contributed by atoms with Crippen LogP contribution < -0.4 is 15.2 Å². The van der Waals surface area contributed by atoms with Crippen LogP contribution in [0.3, 0.4) is 0 Å². The van der Waals surface area contributed by atoms with Gasteiger partial charge in [0.15, 0.2) is 11.5 Å². The number of aliphatic hydroxyl groups excluding tert-OH is 1. The van der Waals surface area contributed by atoms with Crippen LogP contribution >= 0.6 is 0 Å². The third-order valence-corrected chi connectivity index (χ3v) is 5.25. The Bertz CT molecular complexity index is 1110. The molecule has 2 amide bonds. The van der Waals surface area contributed by atoms with Crippen molar-refractivity contribution in [2.75, 3.05) is 34.0 Å². The quantitative estimate of drug-likeness (QED) is 0.629. The maximum atomic E-state index is 12.0. The summed E-state index contributed by atoms with van der Waals surface area (Å²) in [5, 5.41) is 9.60. The fourth-order valence-corrected chi connectivity index (χ4v) is 3.68. The van der Waals surface area contributed by atoms with Crippen molar-refractivity contribution in [2.24, 2.45) is 5.73 Å². The maximum Gasteiger partial charge on any atom is 0.315 e. The van der Waals surface area contributed by atoms with Gasteiger partial charge in [-0.1, -0.05) is 0 Å². The Morgan fingerprint density at radius 1 is 1.16 bits per heavy atom. The molecule has 0 aliphatic carbocycles. The van der Waals surface area contributed by atoms with Crippen LogP contribution in [0.2, 0.25) is 0 Å². The first-order valence-electron chi connectivity index (χ1n) is 9.67. The summed E-state index contributed by atoms with van der Waals surface area (Å²) in [5.41, 5.74) is 8.80. The Labute approximate surface area is 178 Å². The molecule has 162 valence electrons. The summed E-state index contributed by atoms with van der Waals surface area (Å²) in [6.45, 7) is 0.172. The number of pyridine rings is 1. The third kappa shape index (κ3) is 3.94. The lowest BCUT2D eigenvalue weighted by atomic mass is 10.1. The highest BCUT2D eigenvalue weighted by Gasteiger charge is 2.35. The van der Waals surface area contributed by atoms with Crippen molar-refractivity contribution in [2.45, 2.75) is 12.1 Å². The van der Waals surface area contributed by atoms with E-state index >= 15 is 0 Å². The van der Waals surface area contributed by atoms with Gasteiger partial charge in [-0.3, -0.25) is 9.97 Å². The number of morpholine rings is 1. The molecule has 4 rings (SSSR count). The number of amides is 2. The monoisotopic (exact) mass is 425 g/mol. The van der Waals surface area contributed by atoms with E-state index in [2.05, 4.69) is 9.97 Å². The van der Waals surface area contributed by atoms with Crippen molar-refractivity contribution in [1.82, 2.24) is 19.9 Å². The molecule has 1 saturated heterocycles. The lowest BCUT2D eigenvalue weighted by molar-refractivity contribution is -0.0433. The number of aliphatic hydroxyl groups is 1. The summed E-state index contributed by atoms with van der Waals surface area (Å²) in [6.07, 6.45) is 3.21. The van der Waals surface area contributed by atoms with Crippen molar-refractivity contribution in [3.8, 4) is 22.8 Å². The molecule has 1 unspecified atom stereocenters. The second kappa shape index (κ2) is 8.70. The Morgan fingerprint density at radius 2 is 1.97 bits per heavy atom. The molecule has 0 bridgehead atoms. The number of urea groups is 1. The summed E-state index contributed by atoms with van der Waals surface area (Å²) in [7, 11) is 3.15. The standard InChI is InChI=1S/C21H23N5O5/c1-29-19-4-3-12(5-20(19)30-2)14-6-15-16(7-23-14)24-8-17(25-15)18-11-31-10-13(9-27)26(18)21(22)28/h3-8,13,18,27H,9-11H2,1-2H3,(H2,22,28)/t13-,18?/m0/s1. The fraction of sp³-hybridized carbons (Fsp3) is 0.333. The molecule has 1 aliphatic rings. The molecule has 0 saturated carbocycles. The topological polar surface area (TPSA) is 133 Å². The maximum absolute atomic E-state index is 12.0. The smallest absolute Gasteiger partial charge is 0.315 e. The van der Waals surface area contributed by atoms with Gasteiger partial charge in [-0.2, -0.15) is 0 Å². The zero-order valence-electron chi connectivity index (χ0n) is 17.2. The number of carbonyl (C=O) groups is 1. The Morgan fingerprint density at radius 3 is 2.68 bits per heavy atom. The molecule has 3 heterocycles. The van der Waals surface area contributed by atoms with Gasteiger partial charge >= 0.3 is 6.03 Å². The molecule has 1 aromatic carbocycles. The molecule has 2 atom stereocenters. The number of hydrogen-bond donors (Lipinski definition) is 2. The molecule has 3 aromatic rings. The van der Waals surface area contributed by atoms with Gasteiger partial charge in [0.25, 0.3) is 0 Å². The van der Waals surface area contributed by atoms with Crippen molar-refractivity contribution >= 4 is 17.1 Å². The number of benzene rings is 1. The van der Waals surface area contributed by atoms with E-state index in [1.54, 1.807) is 32.7 Å². The minimum absolute atomic E-state index is 0.213. The minimum Gasteiger partial charge on any atom is -0.493 e. The van der Waals surface area contributed by atoms with Crippen LogP contribution in [0.25, 0.3) is 22.3 Å². The number of methoxy groups -OCH3 is 2. The normalized spacial score (nSPS) is 18.7. The second-order valence-electron chi connectivity index (χ2n) is 7.06. The average Bonchev–Trinajstić information content (AvgIpc) is 2.82. The first-order chi connectivity index (χ1) is 15.0. The first-order valence-corrected chi connectivity index (χ1v) is 9.67. The Kier molecular flexibility index (Phi) is 5.83. The molecule has 0 spiro atoms. The molecular formula is C21H23N5O5. The van der Waals surface area contributed by atoms with Crippen LogP contribution in [0.4, 0.5) is 4.79 Å². The van der Waals surface area contributed by atoms with Gasteiger partial charge in [-0.15, -0.1) is 0 Å². The van der Waals surface area contributed by atoms with Gasteiger partial charge < -0.3 is 30.0 Å². The lowest BCUT2D eigenvalue weighted by Gasteiger charge is -2.39. The summed E-state index contributed by atoms with van der Waals surface area (Å²) in [6, 6.07) is 5.61. The minimum atomic E-state index is -0.644. The predicted octanol–water partition coefficient (Wildman–Crippen LogP) is 1.52. The zero-order valence-corrected chi connectivity index (χ0v) is 17.2. The summed E-state index contributed by atoms with van der Waals surface area (Å²) >= 11 is 0. The highest BCUT2D eigenvalue weighted by Crippen LogP contribution is 2.32. The lowest BCUT2D eigenvalue weighted by Crippen LogP contribution is -2.54. The van der Waals surface area contributed by atoms with E-state index in [0.29, 0.717) is 33.9 Å².